The second-order valence-corrected chi connectivity index (χ2v) is 4.33. The number of nitrogens with one attached hydrogen (secondary N) is 1. The maximum Gasteiger partial charge on any atom is 0.259 e. The molecule has 2 aromatic heterocycles. The van der Waals surface area contributed by atoms with Crippen molar-refractivity contribution in [1.29, 1.82) is 5.26 Å². The Morgan fingerprint density at radius 3 is 3.12 bits per heavy atom. The first-order valence-corrected chi connectivity index (χ1v) is 5.80. The van der Waals surface area contributed by atoms with E-state index >= 15 is 0 Å². The van der Waals surface area contributed by atoms with Gasteiger partial charge >= 0.3 is 0 Å². The molecule has 1 N–H and O–H groups in total. The van der Waals surface area contributed by atoms with E-state index in [0.29, 0.717) is 5.39 Å². The van der Waals surface area contributed by atoms with Crippen LogP contribution in [0.1, 0.15) is 0 Å². The third-order valence-electron chi connectivity index (χ3n) is 2.27. The zero-order chi connectivity index (χ0) is 12.3. The topological polar surface area (TPSA) is 74.9 Å². The molecule has 0 bridgehead atoms. The molecule has 0 aliphatic carbocycles. The average molecular weight is 247 g/mol. The summed E-state index contributed by atoms with van der Waals surface area (Å²) in [4.78, 5) is 23.3. The second kappa shape index (κ2) is 4.80. The number of nitriles is 1. The minimum Gasteiger partial charge on any atom is -0.341 e. The quantitative estimate of drug-likeness (QED) is 0.811. The largest absolute Gasteiger partial charge is 0.341 e. The minimum atomic E-state index is -0.344. The number of amides is 1. The van der Waals surface area contributed by atoms with E-state index in [1.165, 1.54) is 15.9 Å². The number of hydrogen-bond donors (Lipinski definition) is 1. The molecule has 6 heteroatoms. The van der Waals surface area contributed by atoms with Crippen molar-refractivity contribution in [3.8, 4) is 6.07 Å². The van der Waals surface area contributed by atoms with Crippen molar-refractivity contribution in [2.24, 2.45) is 0 Å². The lowest BCUT2D eigenvalue weighted by molar-refractivity contribution is -0.121. The number of pyridine rings is 1. The van der Waals surface area contributed by atoms with E-state index in [1.54, 1.807) is 24.4 Å². The standard InChI is InChI=1S/C11H9N3O2S/c12-3-4-13-10(15)7-14-5-1-9-8(11(14)16)2-6-17-9/h1-2,5-6H,4,7H2,(H,13,15). The van der Waals surface area contributed by atoms with Crippen molar-refractivity contribution >= 4 is 27.3 Å². The third-order valence-corrected chi connectivity index (χ3v) is 3.15. The van der Waals surface area contributed by atoms with E-state index in [4.69, 9.17) is 5.26 Å². The minimum absolute atomic E-state index is 0.0473. The monoisotopic (exact) mass is 247 g/mol. The Bertz CT molecular complexity index is 651. The number of rotatable bonds is 3. The first kappa shape index (κ1) is 11.4. The van der Waals surface area contributed by atoms with E-state index in [1.807, 2.05) is 5.38 Å². The molecule has 0 saturated heterocycles. The molecule has 0 saturated carbocycles. The fraction of sp³-hybridized carbons (Fsp3) is 0.182. The molecule has 17 heavy (non-hydrogen) atoms. The molecule has 5 nitrogen and oxygen atoms in total. The molecule has 0 atom stereocenters. The van der Waals surface area contributed by atoms with Crippen LogP contribution in [0.15, 0.2) is 28.5 Å². The van der Waals surface area contributed by atoms with Gasteiger partial charge in [0.05, 0.1) is 11.5 Å². The van der Waals surface area contributed by atoms with Crippen LogP contribution in [0.25, 0.3) is 10.1 Å². The zero-order valence-corrected chi connectivity index (χ0v) is 9.66. The summed E-state index contributed by atoms with van der Waals surface area (Å²) in [6.45, 7) is -0.111. The molecular formula is C11H9N3O2S. The van der Waals surface area contributed by atoms with Crippen LogP contribution in [0.2, 0.25) is 0 Å². The average Bonchev–Trinajstić information content (AvgIpc) is 2.79. The normalized spacial score (nSPS) is 10.1. The van der Waals surface area contributed by atoms with Crippen molar-refractivity contribution < 1.29 is 4.79 Å². The van der Waals surface area contributed by atoms with Crippen molar-refractivity contribution in [1.82, 2.24) is 9.88 Å². The number of thiophene rings is 1. The van der Waals surface area contributed by atoms with Gasteiger partial charge in [0.1, 0.15) is 13.1 Å². The summed E-state index contributed by atoms with van der Waals surface area (Å²) >= 11 is 1.49. The predicted molar refractivity (Wildman–Crippen MR) is 64.7 cm³/mol. The van der Waals surface area contributed by atoms with Gasteiger partial charge in [-0.15, -0.1) is 11.3 Å². The van der Waals surface area contributed by atoms with Crippen LogP contribution in [0, 0.1) is 11.3 Å². The zero-order valence-electron chi connectivity index (χ0n) is 8.84. The van der Waals surface area contributed by atoms with Crippen LogP contribution < -0.4 is 10.9 Å². The highest BCUT2D eigenvalue weighted by Crippen LogP contribution is 2.15. The van der Waals surface area contributed by atoms with E-state index in [2.05, 4.69) is 5.32 Å². The molecule has 2 rings (SSSR count). The molecule has 86 valence electrons. The highest BCUT2D eigenvalue weighted by molar-refractivity contribution is 7.17. The number of nitrogens with zero attached hydrogens (tertiary/aromatic N) is 2. The van der Waals surface area contributed by atoms with Gasteiger partial charge < -0.3 is 9.88 Å². The summed E-state index contributed by atoms with van der Waals surface area (Å²) in [7, 11) is 0. The number of carbonyl (C=O) groups excluding carboxylic acids is 1. The fourth-order valence-electron chi connectivity index (χ4n) is 1.48. The first-order chi connectivity index (χ1) is 8.22. The second-order valence-electron chi connectivity index (χ2n) is 3.38. The molecule has 0 radical (unpaired) electrons. The molecule has 0 spiro atoms. The van der Waals surface area contributed by atoms with Crippen molar-refractivity contribution in [3.05, 3.63) is 34.1 Å². The third kappa shape index (κ3) is 2.34. The highest BCUT2D eigenvalue weighted by atomic mass is 32.1. The van der Waals surface area contributed by atoms with Gasteiger partial charge in [0.2, 0.25) is 5.91 Å². The molecule has 2 heterocycles. The van der Waals surface area contributed by atoms with Crippen LogP contribution in [0.5, 0.6) is 0 Å². The smallest absolute Gasteiger partial charge is 0.259 e. The summed E-state index contributed by atoms with van der Waals surface area (Å²) in [5, 5.41) is 13.2. The number of aromatic nitrogens is 1. The molecule has 0 aromatic carbocycles. The van der Waals surface area contributed by atoms with Crippen LogP contribution in [0.3, 0.4) is 0 Å². The van der Waals surface area contributed by atoms with Gasteiger partial charge in [0.25, 0.3) is 5.56 Å². The molecule has 0 fully saturated rings. The van der Waals surface area contributed by atoms with Crippen LogP contribution in [0.4, 0.5) is 0 Å². The van der Waals surface area contributed by atoms with Gasteiger partial charge in [0.15, 0.2) is 0 Å². The number of fused-ring (bicyclic) bond motifs is 1. The molecule has 1 amide bonds. The predicted octanol–water partition coefficient (Wildman–Crippen LogP) is 0.703. The Balaban J connectivity index is 2.25. The molecular weight excluding hydrogens is 238 g/mol. The van der Waals surface area contributed by atoms with Crippen LogP contribution >= 0.6 is 11.3 Å². The van der Waals surface area contributed by atoms with Crippen LogP contribution in [-0.4, -0.2) is 17.0 Å². The van der Waals surface area contributed by atoms with Gasteiger partial charge in [-0.05, 0) is 17.5 Å². The van der Waals surface area contributed by atoms with E-state index in [0.717, 1.165) is 4.70 Å². The van der Waals surface area contributed by atoms with Crippen LogP contribution in [-0.2, 0) is 11.3 Å². The lowest BCUT2D eigenvalue weighted by Gasteiger charge is -2.04. The van der Waals surface area contributed by atoms with Gasteiger partial charge in [-0.3, -0.25) is 9.59 Å². The summed E-state index contributed by atoms with van der Waals surface area (Å²) in [5.41, 5.74) is -0.184. The van der Waals surface area contributed by atoms with Gasteiger partial charge in [0, 0.05) is 10.9 Å². The molecule has 0 aliphatic heterocycles. The first-order valence-electron chi connectivity index (χ1n) is 4.92. The fourth-order valence-corrected chi connectivity index (χ4v) is 2.25. The summed E-state index contributed by atoms with van der Waals surface area (Å²) in [5.74, 6) is -0.344. The summed E-state index contributed by atoms with van der Waals surface area (Å²) in [6.07, 6.45) is 1.59. The maximum absolute atomic E-state index is 11.9. The van der Waals surface area contributed by atoms with E-state index < -0.39 is 0 Å². The van der Waals surface area contributed by atoms with E-state index in [-0.39, 0.29) is 24.6 Å². The summed E-state index contributed by atoms with van der Waals surface area (Å²) in [6, 6.07) is 5.35. The Kier molecular flexibility index (Phi) is 3.21. The number of carbonyl (C=O) groups is 1. The lowest BCUT2D eigenvalue weighted by atomic mass is 10.3. The van der Waals surface area contributed by atoms with Gasteiger partial charge in [-0.2, -0.15) is 5.26 Å². The SMILES string of the molecule is N#CCNC(=O)Cn1ccc2sccc2c1=O. The van der Waals surface area contributed by atoms with Crippen molar-refractivity contribution in [2.75, 3.05) is 6.54 Å². The van der Waals surface area contributed by atoms with Gasteiger partial charge in [-0.25, -0.2) is 0 Å². The number of hydrogen-bond acceptors (Lipinski definition) is 4. The molecule has 2 aromatic rings. The molecule has 0 aliphatic rings. The van der Waals surface area contributed by atoms with Crippen molar-refractivity contribution in [3.63, 3.8) is 0 Å². The highest BCUT2D eigenvalue weighted by Gasteiger charge is 2.07. The Labute approximate surface area is 101 Å². The van der Waals surface area contributed by atoms with Gasteiger partial charge in [-0.1, -0.05) is 0 Å². The summed E-state index contributed by atoms with van der Waals surface area (Å²) < 4.78 is 2.24. The Morgan fingerprint density at radius 1 is 1.53 bits per heavy atom. The maximum atomic E-state index is 11.9. The van der Waals surface area contributed by atoms with E-state index in [9.17, 15) is 9.59 Å². The van der Waals surface area contributed by atoms with Crippen molar-refractivity contribution in [2.45, 2.75) is 6.54 Å². The Morgan fingerprint density at radius 2 is 2.35 bits per heavy atom. The molecule has 0 unspecified atom stereocenters. The Hall–Kier alpha value is -2.13. The lowest BCUT2D eigenvalue weighted by Crippen LogP contribution is -2.32.